The lowest BCUT2D eigenvalue weighted by Crippen LogP contribution is -2.43. The Morgan fingerprint density at radius 1 is 1.10 bits per heavy atom. The molecular formula is C16H21FO2Si. The average Bonchev–Trinajstić information content (AvgIpc) is 2.25. The van der Waals surface area contributed by atoms with E-state index in [0.717, 1.165) is 0 Å². The van der Waals surface area contributed by atoms with Crippen molar-refractivity contribution < 1.29 is 13.9 Å². The Bertz CT molecular complexity index is 645. The van der Waals surface area contributed by atoms with Crippen LogP contribution in [0.3, 0.4) is 0 Å². The highest BCUT2D eigenvalue weighted by Crippen LogP contribution is 2.39. The van der Waals surface area contributed by atoms with Crippen molar-refractivity contribution in [2.24, 2.45) is 0 Å². The van der Waals surface area contributed by atoms with E-state index in [-0.39, 0.29) is 16.6 Å². The van der Waals surface area contributed by atoms with Gasteiger partial charge in [0.2, 0.25) is 8.32 Å². The summed E-state index contributed by atoms with van der Waals surface area (Å²) in [5.41, 5.74) is 0. The summed E-state index contributed by atoms with van der Waals surface area (Å²) in [6, 6.07) is 7.74. The standard InChI is InChI=1S/C16H21FO2Si/c1-16(2,3)20(4,5)19-13-9-11-8-12(17)6-7-14(11)15(18)10-13/h6-10,18H,1-5H3. The molecule has 2 aromatic carbocycles. The van der Waals surface area contributed by atoms with Gasteiger partial charge in [-0.05, 0) is 47.8 Å². The second kappa shape index (κ2) is 4.77. The topological polar surface area (TPSA) is 29.5 Å². The second-order valence-electron chi connectivity index (χ2n) is 6.67. The minimum Gasteiger partial charge on any atom is -0.543 e. The van der Waals surface area contributed by atoms with Gasteiger partial charge in [0.1, 0.15) is 17.3 Å². The number of aromatic hydroxyl groups is 1. The maximum Gasteiger partial charge on any atom is 0.250 e. The van der Waals surface area contributed by atoms with Crippen LogP contribution in [0.1, 0.15) is 20.8 Å². The third kappa shape index (κ3) is 2.80. The number of rotatable bonds is 2. The molecule has 20 heavy (non-hydrogen) atoms. The van der Waals surface area contributed by atoms with Gasteiger partial charge in [0.05, 0.1) is 0 Å². The Morgan fingerprint density at radius 2 is 1.75 bits per heavy atom. The number of halogens is 1. The molecule has 2 aromatic rings. The van der Waals surface area contributed by atoms with Crippen molar-refractivity contribution in [1.29, 1.82) is 0 Å². The molecule has 0 amide bonds. The Labute approximate surface area is 120 Å². The Hall–Kier alpha value is -1.55. The first kappa shape index (κ1) is 14.8. The van der Waals surface area contributed by atoms with Crippen molar-refractivity contribution in [3.8, 4) is 11.5 Å². The maximum absolute atomic E-state index is 13.3. The molecule has 2 nitrogen and oxygen atoms in total. The van der Waals surface area contributed by atoms with Crippen molar-refractivity contribution in [3.05, 3.63) is 36.1 Å². The van der Waals surface area contributed by atoms with E-state index in [1.54, 1.807) is 18.2 Å². The highest BCUT2D eigenvalue weighted by atomic mass is 28.4. The van der Waals surface area contributed by atoms with Crippen LogP contribution in [0.25, 0.3) is 10.8 Å². The van der Waals surface area contributed by atoms with Gasteiger partial charge in [0.25, 0.3) is 0 Å². The van der Waals surface area contributed by atoms with Gasteiger partial charge >= 0.3 is 0 Å². The molecule has 0 aliphatic heterocycles. The van der Waals surface area contributed by atoms with Crippen molar-refractivity contribution in [3.63, 3.8) is 0 Å². The first-order valence-electron chi connectivity index (χ1n) is 6.71. The van der Waals surface area contributed by atoms with E-state index < -0.39 is 8.32 Å². The van der Waals surface area contributed by atoms with Crippen LogP contribution >= 0.6 is 0 Å². The number of fused-ring (bicyclic) bond motifs is 1. The molecule has 0 fully saturated rings. The second-order valence-corrected chi connectivity index (χ2v) is 11.4. The van der Waals surface area contributed by atoms with Gasteiger partial charge in [-0.1, -0.05) is 20.8 Å². The third-order valence-electron chi connectivity index (χ3n) is 4.05. The molecule has 0 bridgehead atoms. The summed E-state index contributed by atoms with van der Waals surface area (Å²) in [7, 11) is -1.97. The predicted molar refractivity (Wildman–Crippen MR) is 83.4 cm³/mol. The summed E-state index contributed by atoms with van der Waals surface area (Å²) in [5, 5.41) is 11.4. The van der Waals surface area contributed by atoms with Crippen LogP contribution < -0.4 is 4.43 Å². The minimum atomic E-state index is -1.97. The zero-order chi connectivity index (χ0) is 15.1. The van der Waals surface area contributed by atoms with E-state index in [1.165, 1.54) is 12.1 Å². The number of hydrogen-bond acceptors (Lipinski definition) is 2. The van der Waals surface area contributed by atoms with Gasteiger partial charge in [-0.25, -0.2) is 4.39 Å². The highest BCUT2D eigenvalue weighted by molar-refractivity contribution is 6.74. The summed E-state index contributed by atoms with van der Waals surface area (Å²) >= 11 is 0. The molecule has 0 radical (unpaired) electrons. The molecule has 4 heteroatoms. The molecule has 0 aromatic heterocycles. The van der Waals surface area contributed by atoms with Crippen LogP contribution in [0, 0.1) is 5.82 Å². The third-order valence-corrected chi connectivity index (χ3v) is 8.40. The zero-order valence-electron chi connectivity index (χ0n) is 12.6. The lowest BCUT2D eigenvalue weighted by Gasteiger charge is -2.36. The van der Waals surface area contributed by atoms with Crippen molar-refractivity contribution >= 4 is 19.1 Å². The molecule has 0 aliphatic carbocycles. The van der Waals surface area contributed by atoms with Crippen LogP contribution in [0.5, 0.6) is 11.5 Å². The molecular weight excluding hydrogens is 271 g/mol. The van der Waals surface area contributed by atoms with E-state index in [9.17, 15) is 9.50 Å². The Balaban J connectivity index is 2.46. The van der Waals surface area contributed by atoms with Crippen LogP contribution in [-0.4, -0.2) is 13.4 Å². The minimum absolute atomic E-state index is 0.0690. The van der Waals surface area contributed by atoms with Gasteiger partial charge in [0.15, 0.2) is 0 Å². The van der Waals surface area contributed by atoms with Gasteiger partial charge in [0, 0.05) is 11.5 Å². The zero-order valence-corrected chi connectivity index (χ0v) is 13.6. The van der Waals surface area contributed by atoms with E-state index >= 15 is 0 Å². The van der Waals surface area contributed by atoms with Gasteiger partial charge in [-0.2, -0.15) is 0 Å². The Kier molecular flexibility index (Phi) is 3.54. The quantitative estimate of drug-likeness (QED) is 0.783. The monoisotopic (exact) mass is 292 g/mol. The first-order chi connectivity index (χ1) is 9.10. The summed E-state index contributed by atoms with van der Waals surface area (Å²) in [5.74, 6) is 0.407. The molecule has 1 N–H and O–H groups in total. The van der Waals surface area contributed by atoms with E-state index in [2.05, 4.69) is 33.9 Å². The maximum atomic E-state index is 13.3. The summed E-state index contributed by atoms with van der Waals surface area (Å²) in [6.07, 6.45) is 0. The Morgan fingerprint density at radius 3 is 2.35 bits per heavy atom. The van der Waals surface area contributed by atoms with Crippen molar-refractivity contribution in [2.75, 3.05) is 0 Å². The van der Waals surface area contributed by atoms with Crippen molar-refractivity contribution in [2.45, 2.75) is 38.9 Å². The molecule has 2 rings (SSSR count). The molecule has 0 atom stereocenters. The molecule has 0 saturated carbocycles. The number of hydrogen-bond donors (Lipinski definition) is 1. The highest BCUT2D eigenvalue weighted by Gasteiger charge is 2.39. The molecule has 0 unspecified atom stereocenters. The predicted octanol–water partition coefficient (Wildman–Crippen LogP) is 5.07. The van der Waals surface area contributed by atoms with Crippen LogP contribution in [-0.2, 0) is 0 Å². The van der Waals surface area contributed by atoms with Crippen LogP contribution in [0.15, 0.2) is 30.3 Å². The molecule has 108 valence electrons. The lowest BCUT2D eigenvalue weighted by atomic mass is 10.1. The van der Waals surface area contributed by atoms with Crippen molar-refractivity contribution in [1.82, 2.24) is 0 Å². The smallest absolute Gasteiger partial charge is 0.250 e. The van der Waals surface area contributed by atoms with Crippen LogP contribution in [0.4, 0.5) is 4.39 Å². The fourth-order valence-corrected chi connectivity index (χ4v) is 2.81. The fraction of sp³-hybridized carbons (Fsp3) is 0.375. The van der Waals surface area contributed by atoms with E-state index in [4.69, 9.17) is 4.43 Å². The SMILES string of the molecule is CC(C)(C)[Si](C)(C)Oc1cc(O)c2ccc(F)cc2c1. The van der Waals surface area contributed by atoms with E-state index in [1.807, 2.05) is 0 Å². The normalized spacial score (nSPS) is 12.7. The summed E-state index contributed by atoms with van der Waals surface area (Å²) in [6.45, 7) is 10.7. The number of phenolic OH excluding ortho intramolecular Hbond substituents is 1. The van der Waals surface area contributed by atoms with Gasteiger partial charge in [-0.15, -0.1) is 0 Å². The lowest BCUT2D eigenvalue weighted by molar-refractivity contribution is 0.466. The summed E-state index contributed by atoms with van der Waals surface area (Å²) < 4.78 is 19.5. The molecule has 0 saturated heterocycles. The largest absolute Gasteiger partial charge is 0.543 e. The average molecular weight is 292 g/mol. The summed E-state index contributed by atoms with van der Waals surface area (Å²) in [4.78, 5) is 0. The van der Waals surface area contributed by atoms with Gasteiger partial charge in [-0.3, -0.25) is 0 Å². The molecule has 0 spiro atoms. The molecule has 0 aliphatic rings. The first-order valence-corrected chi connectivity index (χ1v) is 9.62. The van der Waals surface area contributed by atoms with Crippen LogP contribution in [0.2, 0.25) is 18.1 Å². The molecule has 0 heterocycles. The van der Waals surface area contributed by atoms with E-state index in [0.29, 0.717) is 16.5 Å². The fourth-order valence-electron chi connectivity index (χ4n) is 1.80. The number of benzene rings is 2. The van der Waals surface area contributed by atoms with Gasteiger partial charge < -0.3 is 9.53 Å². The number of phenols is 1.